The maximum absolute atomic E-state index is 12.5. The predicted octanol–water partition coefficient (Wildman–Crippen LogP) is 3.30. The summed E-state index contributed by atoms with van der Waals surface area (Å²) >= 11 is 6.01. The van der Waals surface area contributed by atoms with E-state index in [1.165, 1.54) is 0 Å². The molecule has 0 aliphatic carbocycles. The molecule has 0 radical (unpaired) electrons. The van der Waals surface area contributed by atoms with Crippen LogP contribution >= 0.6 is 11.6 Å². The standard InChI is InChI=1S/C17H22ClN3O3/c1-10(14-8-13(23-4)6-7-16(14)24-5)19-17(22)12(3)21-9-15(18)11(2)20-21/h6-10,12H,1-5H3,(H,19,22). The largest absolute Gasteiger partial charge is 0.497 e. The lowest BCUT2D eigenvalue weighted by Crippen LogP contribution is -2.33. The van der Waals surface area contributed by atoms with E-state index in [0.717, 1.165) is 5.56 Å². The van der Waals surface area contributed by atoms with Gasteiger partial charge in [0.25, 0.3) is 0 Å². The first-order chi connectivity index (χ1) is 11.4. The Bertz CT molecular complexity index is 710. The molecule has 2 atom stereocenters. The van der Waals surface area contributed by atoms with Crippen molar-refractivity contribution < 1.29 is 14.3 Å². The number of ether oxygens (including phenoxy) is 2. The number of benzene rings is 1. The minimum absolute atomic E-state index is 0.161. The van der Waals surface area contributed by atoms with E-state index in [0.29, 0.717) is 22.2 Å². The third-order valence-corrected chi connectivity index (χ3v) is 4.27. The summed E-state index contributed by atoms with van der Waals surface area (Å²) in [6.45, 7) is 5.46. The molecular weight excluding hydrogens is 330 g/mol. The van der Waals surface area contributed by atoms with E-state index >= 15 is 0 Å². The molecule has 0 spiro atoms. The van der Waals surface area contributed by atoms with E-state index in [9.17, 15) is 4.79 Å². The molecule has 6 nitrogen and oxygen atoms in total. The highest BCUT2D eigenvalue weighted by Gasteiger charge is 2.21. The van der Waals surface area contributed by atoms with Crippen molar-refractivity contribution in [2.45, 2.75) is 32.9 Å². The number of carbonyl (C=O) groups excluding carboxylic acids is 1. The molecule has 24 heavy (non-hydrogen) atoms. The van der Waals surface area contributed by atoms with Gasteiger partial charge in [-0.05, 0) is 39.0 Å². The number of hydrogen-bond donors (Lipinski definition) is 1. The Morgan fingerprint density at radius 3 is 2.54 bits per heavy atom. The van der Waals surface area contributed by atoms with Gasteiger partial charge in [-0.15, -0.1) is 0 Å². The lowest BCUT2D eigenvalue weighted by atomic mass is 10.1. The molecule has 2 rings (SSSR count). The van der Waals surface area contributed by atoms with Crippen LogP contribution in [0.15, 0.2) is 24.4 Å². The van der Waals surface area contributed by atoms with Crippen LogP contribution in [0.4, 0.5) is 0 Å². The Balaban J connectivity index is 2.16. The minimum atomic E-state index is -0.477. The van der Waals surface area contributed by atoms with Crippen LogP contribution in [0.5, 0.6) is 11.5 Å². The SMILES string of the molecule is COc1ccc(OC)c(C(C)NC(=O)C(C)n2cc(Cl)c(C)n2)c1. The topological polar surface area (TPSA) is 65.4 Å². The molecule has 2 aromatic rings. The zero-order valence-electron chi connectivity index (χ0n) is 14.5. The maximum atomic E-state index is 12.5. The maximum Gasteiger partial charge on any atom is 0.245 e. The molecule has 0 aliphatic heterocycles. The summed E-state index contributed by atoms with van der Waals surface area (Å²) in [7, 11) is 3.19. The molecule has 1 amide bonds. The molecule has 7 heteroatoms. The summed E-state index contributed by atoms with van der Waals surface area (Å²) in [5.41, 5.74) is 1.53. The summed E-state index contributed by atoms with van der Waals surface area (Å²) in [6.07, 6.45) is 1.65. The number of amides is 1. The molecule has 1 aromatic heterocycles. The number of halogens is 1. The van der Waals surface area contributed by atoms with E-state index in [1.807, 2.05) is 25.1 Å². The third-order valence-electron chi connectivity index (χ3n) is 3.90. The van der Waals surface area contributed by atoms with E-state index in [2.05, 4.69) is 10.4 Å². The second-order valence-corrected chi connectivity index (χ2v) is 5.96. The van der Waals surface area contributed by atoms with Crippen molar-refractivity contribution in [1.82, 2.24) is 15.1 Å². The van der Waals surface area contributed by atoms with Crippen molar-refractivity contribution in [3.05, 3.63) is 40.7 Å². The van der Waals surface area contributed by atoms with Crippen LogP contribution in [0.3, 0.4) is 0 Å². The predicted molar refractivity (Wildman–Crippen MR) is 92.8 cm³/mol. The average Bonchev–Trinajstić information content (AvgIpc) is 2.92. The monoisotopic (exact) mass is 351 g/mol. The number of rotatable bonds is 6. The fraction of sp³-hybridized carbons (Fsp3) is 0.412. The van der Waals surface area contributed by atoms with Crippen molar-refractivity contribution in [1.29, 1.82) is 0 Å². The van der Waals surface area contributed by atoms with Gasteiger partial charge in [0.2, 0.25) is 5.91 Å². The van der Waals surface area contributed by atoms with Gasteiger partial charge in [0, 0.05) is 11.8 Å². The van der Waals surface area contributed by atoms with E-state index in [-0.39, 0.29) is 11.9 Å². The number of carbonyl (C=O) groups is 1. The fourth-order valence-electron chi connectivity index (χ4n) is 2.37. The Morgan fingerprint density at radius 2 is 2.00 bits per heavy atom. The van der Waals surface area contributed by atoms with Gasteiger partial charge < -0.3 is 14.8 Å². The second kappa shape index (κ2) is 7.57. The molecule has 1 N–H and O–H groups in total. The molecule has 0 saturated carbocycles. The van der Waals surface area contributed by atoms with Gasteiger partial charge in [-0.2, -0.15) is 5.10 Å². The first-order valence-electron chi connectivity index (χ1n) is 7.61. The van der Waals surface area contributed by atoms with Crippen molar-refractivity contribution in [2.75, 3.05) is 14.2 Å². The summed E-state index contributed by atoms with van der Waals surface area (Å²) in [6, 6.07) is 4.75. The Labute approximate surface area is 146 Å². The van der Waals surface area contributed by atoms with Crippen LogP contribution in [0.2, 0.25) is 5.02 Å². The van der Waals surface area contributed by atoms with Crippen LogP contribution in [0.25, 0.3) is 0 Å². The van der Waals surface area contributed by atoms with Gasteiger partial charge in [0.1, 0.15) is 17.5 Å². The molecule has 0 aliphatic rings. The molecule has 2 unspecified atom stereocenters. The van der Waals surface area contributed by atoms with Gasteiger partial charge in [0.15, 0.2) is 0 Å². The van der Waals surface area contributed by atoms with Crippen LogP contribution in [-0.4, -0.2) is 29.9 Å². The second-order valence-electron chi connectivity index (χ2n) is 5.56. The van der Waals surface area contributed by atoms with Gasteiger partial charge in [-0.3, -0.25) is 9.48 Å². The zero-order valence-corrected chi connectivity index (χ0v) is 15.2. The number of nitrogens with one attached hydrogen (secondary N) is 1. The quantitative estimate of drug-likeness (QED) is 0.867. The van der Waals surface area contributed by atoms with Crippen LogP contribution in [0, 0.1) is 6.92 Å². The van der Waals surface area contributed by atoms with Crippen molar-refractivity contribution in [3.63, 3.8) is 0 Å². The number of aromatic nitrogens is 2. The van der Waals surface area contributed by atoms with Crippen molar-refractivity contribution in [3.8, 4) is 11.5 Å². The van der Waals surface area contributed by atoms with E-state index in [4.69, 9.17) is 21.1 Å². The molecule has 0 bridgehead atoms. The van der Waals surface area contributed by atoms with Gasteiger partial charge in [-0.25, -0.2) is 0 Å². The smallest absolute Gasteiger partial charge is 0.245 e. The lowest BCUT2D eigenvalue weighted by Gasteiger charge is -2.20. The molecule has 1 heterocycles. The molecule has 0 saturated heterocycles. The van der Waals surface area contributed by atoms with Gasteiger partial charge in [-0.1, -0.05) is 11.6 Å². The highest BCUT2D eigenvalue weighted by molar-refractivity contribution is 6.31. The highest BCUT2D eigenvalue weighted by atomic mass is 35.5. The molecule has 0 fully saturated rings. The van der Waals surface area contributed by atoms with Gasteiger partial charge >= 0.3 is 0 Å². The Kier molecular flexibility index (Phi) is 5.72. The first kappa shape index (κ1) is 18.1. The Morgan fingerprint density at radius 1 is 1.29 bits per heavy atom. The van der Waals surface area contributed by atoms with Crippen LogP contribution in [-0.2, 0) is 4.79 Å². The summed E-state index contributed by atoms with van der Waals surface area (Å²) in [5, 5.41) is 7.76. The highest BCUT2D eigenvalue weighted by Crippen LogP contribution is 2.29. The third kappa shape index (κ3) is 3.82. The van der Waals surface area contributed by atoms with Gasteiger partial charge in [0.05, 0.1) is 31.0 Å². The van der Waals surface area contributed by atoms with Crippen LogP contribution < -0.4 is 14.8 Å². The number of hydrogen-bond acceptors (Lipinski definition) is 4. The molecule has 130 valence electrons. The summed E-state index contributed by atoms with van der Waals surface area (Å²) in [4.78, 5) is 12.5. The van der Waals surface area contributed by atoms with E-state index in [1.54, 1.807) is 38.9 Å². The number of aryl methyl sites for hydroxylation is 1. The van der Waals surface area contributed by atoms with Crippen molar-refractivity contribution >= 4 is 17.5 Å². The van der Waals surface area contributed by atoms with E-state index < -0.39 is 6.04 Å². The zero-order chi connectivity index (χ0) is 17.9. The first-order valence-corrected chi connectivity index (χ1v) is 7.98. The molecular formula is C17H22ClN3O3. The normalized spacial score (nSPS) is 13.2. The lowest BCUT2D eigenvalue weighted by molar-refractivity contribution is -0.124. The average molecular weight is 352 g/mol. The van der Waals surface area contributed by atoms with Crippen LogP contribution in [0.1, 0.15) is 37.2 Å². The molecule has 1 aromatic carbocycles. The number of nitrogens with zero attached hydrogens (tertiary/aromatic N) is 2. The number of methoxy groups -OCH3 is 2. The summed E-state index contributed by atoms with van der Waals surface area (Å²) < 4.78 is 12.2. The van der Waals surface area contributed by atoms with Crippen molar-refractivity contribution in [2.24, 2.45) is 0 Å². The minimum Gasteiger partial charge on any atom is -0.497 e. The summed E-state index contributed by atoms with van der Waals surface area (Å²) in [5.74, 6) is 1.23. The Hall–Kier alpha value is -2.21. The fourth-order valence-corrected chi connectivity index (χ4v) is 2.51.